The average Bonchev–Trinajstić information content (AvgIpc) is 3.16. The van der Waals surface area contributed by atoms with Crippen molar-refractivity contribution in [2.75, 3.05) is 11.9 Å². The molecule has 0 aliphatic heterocycles. The van der Waals surface area contributed by atoms with Gasteiger partial charge in [0, 0.05) is 30.7 Å². The third-order valence-electron chi connectivity index (χ3n) is 4.23. The molecule has 26 heavy (non-hydrogen) atoms. The van der Waals surface area contributed by atoms with Crippen LogP contribution in [0.15, 0.2) is 43.0 Å². The zero-order valence-corrected chi connectivity index (χ0v) is 15.1. The molecule has 1 aromatic carbocycles. The molecule has 0 fully saturated rings. The Labute approximate surface area is 152 Å². The second-order valence-electron chi connectivity index (χ2n) is 6.54. The molecule has 0 saturated heterocycles. The lowest BCUT2D eigenvalue weighted by atomic mass is 10.0. The van der Waals surface area contributed by atoms with Crippen molar-refractivity contribution >= 4 is 22.6 Å². The highest BCUT2D eigenvalue weighted by Gasteiger charge is 2.23. The topological polar surface area (TPSA) is 95.6 Å². The molecule has 0 radical (unpaired) electrons. The number of benzene rings is 1. The van der Waals surface area contributed by atoms with Crippen LogP contribution in [0, 0.1) is 5.92 Å². The second kappa shape index (κ2) is 8.42. The van der Waals surface area contributed by atoms with E-state index in [4.69, 9.17) is 0 Å². The molecule has 0 aliphatic carbocycles. The van der Waals surface area contributed by atoms with E-state index in [1.54, 1.807) is 12.4 Å². The van der Waals surface area contributed by atoms with Gasteiger partial charge in [0.2, 0.25) is 5.91 Å². The summed E-state index contributed by atoms with van der Waals surface area (Å²) in [5.41, 5.74) is 0.853. The maximum Gasteiger partial charge on any atom is 0.242 e. The highest BCUT2D eigenvalue weighted by molar-refractivity contribution is 5.92. The number of nitrogens with one attached hydrogen (secondary N) is 3. The largest absolute Gasteiger partial charge is 0.358 e. The summed E-state index contributed by atoms with van der Waals surface area (Å²) in [6, 6.07) is 7.40. The number of hydrogen-bond donors (Lipinski definition) is 3. The summed E-state index contributed by atoms with van der Waals surface area (Å²) < 4.78 is 0. The quantitative estimate of drug-likeness (QED) is 0.542. The molecule has 0 aliphatic rings. The van der Waals surface area contributed by atoms with Crippen molar-refractivity contribution in [2.45, 2.75) is 32.7 Å². The lowest BCUT2D eigenvalue weighted by Crippen LogP contribution is -2.43. The van der Waals surface area contributed by atoms with Gasteiger partial charge in [-0.05, 0) is 24.5 Å². The molecule has 136 valence electrons. The summed E-state index contributed by atoms with van der Waals surface area (Å²) in [5.74, 6) is 1.71. The van der Waals surface area contributed by atoms with Crippen LogP contribution < -0.4 is 10.6 Å². The van der Waals surface area contributed by atoms with E-state index in [1.807, 2.05) is 38.1 Å². The fourth-order valence-electron chi connectivity index (χ4n) is 2.81. The Kier molecular flexibility index (Phi) is 5.78. The summed E-state index contributed by atoms with van der Waals surface area (Å²) in [4.78, 5) is 28.5. The van der Waals surface area contributed by atoms with E-state index in [1.165, 1.54) is 6.33 Å². The highest BCUT2D eigenvalue weighted by Crippen LogP contribution is 2.20. The Morgan fingerprint density at radius 2 is 2.04 bits per heavy atom. The van der Waals surface area contributed by atoms with Crippen LogP contribution in [0.1, 0.15) is 26.1 Å². The van der Waals surface area contributed by atoms with Crippen LogP contribution in [0.2, 0.25) is 0 Å². The summed E-state index contributed by atoms with van der Waals surface area (Å²) in [7, 11) is 0. The SMILES string of the molecule is CC(C)[C@@H](Nc1ncnc2ccccc12)C(=O)NCCCc1ncc[nH]1. The number of anilines is 1. The molecule has 0 spiro atoms. The van der Waals surface area contributed by atoms with E-state index in [-0.39, 0.29) is 17.9 Å². The average molecular weight is 352 g/mol. The van der Waals surface area contributed by atoms with Crippen LogP contribution >= 0.6 is 0 Å². The minimum absolute atomic E-state index is 0.0258. The van der Waals surface area contributed by atoms with Crippen LogP contribution in [0.3, 0.4) is 0 Å². The number of rotatable bonds is 8. The maximum atomic E-state index is 12.6. The lowest BCUT2D eigenvalue weighted by molar-refractivity contribution is -0.122. The number of nitrogens with zero attached hydrogens (tertiary/aromatic N) is 3. The molecule has 1 atom stereocenters. The zero-order chi connectivity index (χ0) is 18.4. The Hall–Kier alpha value is -2.96. The van der Waals surface area contributed by atoms with E-state index in [0.717, 1.165) is 29.6 Å². The number of fused-ring (bicyclic) bond motifs is 1. The molecule has 0 unspecified atom stereocenters. The summed E-state index contributed by atoms with van der Waals surface area (Å²) in [5, 5.41) is 7.21. The summed E-state index contributed by atoms with van der Waals surface area (Å²) >= 11 is 0. The molecule has 0 bridgehead atoms. The monoisotopic (exact) mass is 352 g/mol. The zero-order valence-electron chi connectivity index (χ0n) is 15.1. The molecular weight excluding hydrogens is 328 g/mol. The van der Waals surface area contributed by atoms with Crippen molar-refractivity contribution in [1.29, 1.82) is 0 Å². The third kappa shape index (κ3) is 4.36. The minimum Gasteiger partial charge on any atom is -0.358 e. The third-order valence-corrected chi connectivity index (χ3v) is 4.23. The van der Waals surface area contributed by atoms with Gasteiger partial charge in [0.15, 0.2) is 0 Å². The van der Waals surface area contributed by atoms with Gasteiger partial charge in [-0.1, -0.05) is 26.0 Å². The van der Waals surface area contributed by atoms with Gasteiger partial charge in [-0.15, -0.1) is 0 Å². The molecular formula is C19H24N6O. The molecule has 0 saturated carbocycles. The normalized spacial score (nSPS) is 12.3. The fourth-order valence-corrected chi connectivity index (χ4v) is 2.81. The number of aromatic nitrogens is 4. The van der Waals surface area contributed by atoms with E-state index >= 15 is 0 Å². The van der Waals surface area contributed by atoms with Gasteiger partial charge in [0.05, 0.1) is 5.52 Å². The van der Waals surface area contributed by atoms with Crippen LogP contribution in [0.25, 0.3) is 10.9 Å². The predicted molar refractivity (Wildman–Crippen MR) is 102 cm³/mol. The Morgan fingerprint density at radius 1 is 1.19 bits per heavy atom. The standard InChI is InChI=1S/C19H24N6O/c1-13(2)17(19(26)22-9-5-8-16-20-10-11-21-16)25-18-14-6-3-4-7-15(14)23-12-24-18/h3-4,6-7,10-13,17H,5,8-9H2,1-2H3,(H,20,21)(H,22,26)(H,23,24,25)/t17-/m1/s1. The summed E-state index contributed by atoms with van der Waals surface area (Å²) in [6.45, 7) is 4.64. The van der Waals surface area contributed by atoms with Gasteiger partial charge < -0.3 is 15.6 Å². The Balaban J connectivity index is 1.61. The van der Waals surface area contributed by atoms with Crippen LogP contribution in [0.5, 0.6) is 0 Å². The number of carbonyl (C=O) groups is 1. The first-order valence-electron chi connectivity index (χ1n) is 8.87. The van der Waals surface area contributed by atoms with Crippen molar-refractivity contribution in [3.63, 3.8) is 0 Å². The van der Waals surface area contributed by atoms with Gasteiger partial charge in [-0.25, -0.2) is 15.0 Å². The molecule has 3 rings (SSSR count). The number of H-pyrrole nitrogens is 1. The van der Waals surface area contributed by atoms with Crippen molar-refractivity contribution in [2.24, 2.45) is 5.92 Å². The fraction of sp³-hybridized carbons (Fsp3) is 0.368. The number of imidazole rings is 1. The number of amides is 1. The number of carbonyl (C=O) groups excluding carboxylic acids is 1. The van der Waals surface area contributed by atoms with Gasteiger partial charge in [0.1, 0.15) is 24.0 Å². The minimum atomic E-state index is -0.364. The van der Waals surface area contributed by atoms with E-state index in [2.05, 4.69) is 30.6 Å². The second-order valence-corrected chi connectivity index (χ2v) is 6.54. The van der Waals surface area contributed by atoms with E-state index in [9.17, 15) is 4.79 Å². The molecule has 2 aromatic heterocycles. The lowest BCUT2D eigenvalue weighted by Gasteiger charge is -2.22. The predicted octanol–water partition coefficient (Wildman–Crippen LogP) is 2.54. The Morgan fingerprint density at radius 3 is 2.81 bits per heavy atom. The van der Waals surface area contributed by atoms with Gasteiger partial charge in [0.25, 0.3) is 0 Å². The first-order valence-corrected chi connectivity index (χ1v) is 8.87. The van der Waals surface area contributed by atoms with E-state index in [0.29, 0.717) is 12.4 Å². The number of aromatic amines is 1. The Bertz CT molecular complexity index is 841. The summed E-state index contributed by atoms with van der Waals surface area (Å²) in [6.07, 6.45) is 6.70. The smallest absolute Gasteiger partial charge is 0.242 e. The molecule has 2 heterocycles. The number of para-hydroxylation sites is 1. The molecule has 7 nitrogen and oxygen atoms in total. The molecule has 7 heteroatoms. The van der Waals surface area contributed by atoms with E-state index < -0.39 is 0 Å². The number of hydrogen-bond acceptors (Lipinski definition) is 5. The highest BCUT2D eigenvalue weighted by atomic mass is 16.2. The van der Waals surface area contributed by atoms with Crippen molar-refractivity contribution in [1.82, 2.24) is 25.3 Å². The first-order chi connectivity index (χ1) is 12.6. The molecule has 1 amide bonds. The van der Waals surface area contributed by atoms with Gasteiger partial charge in [-0.3, -0.25) is 4.79 Å². The van der Waals surface area contributed by atoms with Crippen LogP contribution in [0.4, 0.5) is 5.82 Å². The van der Waals surface area contributed by atoms with Crippen molar-refractivity contribution in [3.8, 4) is 0 Å². The molecule has 3 aromatic rings. The van der Waals surface area contributed by atoms with Gasteiger partial charge >= 0.3 is 0 Å². The van der Waals surface area contributed by atoms with Crippen molar-refractivity contribution < 1.29 is 4.79 Å². The number of aryl methyl sites for hydroxylation is 1. The van der Waals surface area contributed by atoms with Crippen molar-refractivity contribution in [3.05, 3.63) is 48.8 Å². The van der Waals surface area contributed by atoms with Crippen LogP contribution in [-0.4, -0.2) is 38.4 Å². The van der Waals surface area contributed by atoms with Crippen LogP contribution in [-0.2, 0) is 11.2 Å². The maximum absolute atomic E-state index is 12.6. The molecule has 3 N–H and O–H groups in total. The first kappa shape index (κ1) is 17.8. The van der Waals surface area contributed by atoms with Gasteiger partial charge in [-0.2, -0.15) is 0 Å².